The number of nitrogens with zero attached hydrogens (tertiary/aromatic N) is 2. The van der Waals surface area contributed by atoms with Crippen LogP contribution in [0.4, 0.5) is 0 Å². The lowest BCUT2D eigenvalue weighted by molar-refractivity contribution is 0.0711. The molecule has 1 amide bonds. The number of amides is 1. The number of aromatic nitrogens is 1. The van der Waals surface area contributed by atoms with E-state index in [1.165, 1.54) is 16.6 Å². The summed E-state index contributed by atoms with van der Waals surface area (Å²) in [5, 5.41) is 1.30. The number of carbonyl (C=O) groups is 1. The second-order valence-electron chi connectivity index (χ2n) is 6.62. The molecule has 3 nitrogen and oxygen atoms in total. The lowest BCUT2D eigenvalue weighted by Gasteiger charge is -2.32. The molecule has 0 N–H and O–H groups in total. The number of carbonyl (C=O) groups excluding carboxylic acids is 1. The Hall–Kier alpha value is -2.55. The van der Waals surface area contributed by atoms with Crippen molar-refractivity contribution in [3.8, 4) is 0 Å². The first kappa shape index (κ1) is 15.0. The van der Waals surface area contributed by atoms with E-state index in [0.717, 1.165) is 31.5 Å². The van der Waals surface area contributed by atoms with Crippen LogP contribution < -0.4 is 0 Å². The third-order valence-corrected chi connectivity index (χ3v) is 5.21. The van der Waals surface area contributed by atoms with Crippen LogP contribution in [0, 0.1) is 0 Å². The van der Waals surface area contributed by atoms with Crippen LogP contribution in [0.3, 0.4) is 0 Å². The molecule has 1 aliphatic heterocycles. The van der Waals surface area contributed by atoms with Crippen molar-refractivity contribution in [3.05, 3.63) is 71.9 Å². The number of hydrogen-bond donors (Lipinski definition) is 0. The van der Waals surface area contributed by atoms with Gasteiger partial charge in [0.1, 0.15) is 0 Å². The van der Waals surface area contributed by atoms with Gasteiger partial charge in [0, 0.05) is 42.8 Å². The second kappa shape index (κ2) is 6.16. The highest BCUT2D eigenvalue weighted by atomic mass is 16.2. The van der Waals surface area contributed by atoms with Gasteiger partial charge in [-0.15, -0.1) is 0 Å². The van der Waals surface area contributed by atoms with E-state index in [1.54, 1.807) is 0 Å². The Morgan fingerprint density at radius 1 is 0.958 bits per heavy atom. The van der Waals surface area contributed by atoms with Gasteiger partial charge in [-0.2, -0.15) is 0 Å². The first-order valence-electron chi connectivity index (χ1n) is 8.63. The molecule has 1 saturated heterocycles. The molecular formula is C21H22N2O. The first-order valence-corrected chi connectivity index (χ1v) is 8.63. The minimum absolute atomic E-state index is 0.158. The molecule has 122 valence electrons. The van der Waals surface area contributed by atoms with Crippen molar-refractivity contribution in [1.82, 2.24) is 9.47 Å². The summed E-state index contributed by atoms with van der Waals surface area (Å²) in [6.45, 7) is 1.67. The maximum atomic E-state index is 12.6. The number of hydrogen-bond acceptors (Lipinski definition) is 1. The van der Waals surface area contributed by atoms with E-state index in [0.29, 0.717) is 5.92 Å². The second-order valence-corrected chi connectivity index (χ2v) is 6.62. The predicted octanol–water partition coefficient (Wildman–Crippen LogP) is 4.20. The highest BCUT2D eigenvalue weighted by molar-refractivity contribution is 5.94. The Bertz CT molecular complexity index is 858. The maximum Gasteiger partial charge on any atom is 0.253 e. The van der Waals surface area contributed by atoms with E-state index in [9.17, 15) is 4.79 Å². The lowest BCUT2D eigenvalue weighted by Crippen LogP contribution is -2.38. The molecule has 3 heteroatoms. The standard InChI is InChI=1S/C21H22N2O/c1-22-19-10-6-5-9-18(19)15-20(22)16-11-13-23(14-12-16)21(24)17-7-3-2-4-8-17/h2-10,15-16H,11-14H2,1H3. The monoisotopic (exact) mass is 318 g/mol. The average molecular weight is 318 g/mol. The molecule has 1 aromatic heterocycles. The Labute approximate surface area is 142 Å². The van der Waals surface area contributed by atoms with Gasteiger partial charge >= 0.3 is 0 Å². The summed E-state index contributed by atoms with van der Waals surface area (Å²) in [5.41, 5.74) is 3.47. The number of para-hydroxylation sites is 1. The van der Waals surface area contributed by atoms with Gasteiger partial charge in [0.25, 0.3) is 5.91 Å². The maximum absolute atomic E-state index is 12.6. The van der Waals surface area contributed by atoms with Crippen LogP contribution in [0.5, 0.6) is 0 Å². The molecule has 24 heavy (non-hydrogen) atoms. The van der Waals surface area contributed by atoms with Crippen LogP contribution in [0.2, 0.25) is 0 Å². The van der Waals surface area contributed by atoms with Crippen molar-refractivity contribution in [1.29, 1.82) is 0 Å². The Morgan fingerprint density at radius 3 is 2.33 bits per heavy atom. The summed E-state index contributed by atoms with van der Waals surface area (Å²) in [7, 11) is 2.15. The molecule has 0 bridgehead atoms. The molecule has 2 aromatic carbocycles. The molecule has 1 fully saturated rings. The minimum Gasteiger partial charge on any atom is -0.347 e. The molecule has 0 atom stereocenters. The van der Waals surface area contributed by atoms with Gasteiger partial charge in [0.05, 0.1) is 0 Å². The van der Waals surface area contributed by atoms with E-state index in [-0.39, 0.29) is 5.91 Å². The van der Waals surface area contributed by atoms with Crippen molar-refractivity contribution < 1.29 is 4.79 Å². The summed E-state index contributed by atoms with van der Waals surface area (Å²) in [6, 6.07) is 20.4. The fourth-order valence-corrected chi connectivity index (χ4v) is 3.84. The Kier molecular flexibility index (Phi) is 3.85. The SMILES string of the molecule is Cn1c(C2CCN(C(=O)c3ccccc3)CC2)cc2ccccc21. The molecule has 0 spiro atoms. The average Bonchev–Trinajstić information content (AvgIpc) is 2.99. The van der Waals surface area contributed by atoms with Gasteiger partial charge in [0.15, 0.2) is 0 Å². The van der Waals surface area contributed by atoms with Crippen molar-refractivity contribution >= 4 is 16.8 Å². The van der Waals surface area contributed by atoms with E-state index in [1.807, 2.05) is 35.2 Å². The predicted molar refractivity (Wildman–Crippen MR) is 97.2 cm³/mol. The molecule has 3 aromatic rings. The van der Waals surface area contributed by atoms with E-state index < -0.39 is 0 Å². The number of likely N-dealkylation sites (tertiary alicyclic amines) is 1. The molecule has 0 aliphatic carbocycles. The normalized spacial score (nSPS) is 15.8. The lowest BCUT2D eigenvalue weighted by atomic mass is 9.93. The smallest absolute Gasteiger partial charge is 0.253 e. The van der Waals surface area contributed by atoms with Crippen LogP contribution in [0.15, 0.2) is 60.7 Å². The van der Waals surface area contributed by atoms with Gasteiger partial charge in [-0.25, -0.2) is 0 Å². The number of fused-ring (bicyclic) bond motifs is 1. The fourth-order valence-electron chi connectivity index (χ4n) is 3.84. The molecule has 1 aliphatic rings. The van der Waals surface area contributed by atoms with Gasteiger partial charge in [-0.3, -0.25) is 4.79 Å². The van der Waals surface area contributed by atoms with Crippen molar-refractivity contribution in [2.75, 3.05) is 13.1 Å². The molecular weight excluding hydrogens is 296 g/mol. The van der Waals surface area contributed by atoms with E-state index >= 15 is 0 Å². The number of piperidine rings is 1. The highest BCUT2D eigenvalue weighted by Crippen LogP contribution is 2.32. The molecule has 0 unspecified atom stereocenters. The van der Waals surface area contributed by atoms with Gasteiger partial charge in [-0.1, -0.05) is 36.4 Å². The zero-order chi connectivity index (χ0) is 16.5. The van der Waals surface area contributed by atoms with E-state index in [2.05, 4.69) is 41.9 Å². The fraction of sp³-hybridized carbons (Fsp3) is 0.286. The zero-order valence-electron chi connectivity index (χ0n) is 14.0. The Morgan fingerprint density at radius 2 is 1.62 bits per heavy atom. The summed E-state index contributed by atoms with van der Waals surface area (Å²) in [5.74, 6) is 0.688. The summed E-state index contributed by atoms with van der Waals surface area (Å²) in [6.07, 6.45) is 2.06. The van der Waals surface area contributed by atoms with E-state index in [4.69, 9.17) is 0 Å². The molecule has 0 saturated carbocycles. The number of benzene rings is 2. The number of rotatable bonds is 2. The van der Waals surface area contributed by atoms with Crippen LogP contribution >= 0.6 is 0 Å². The topological polar surface area (TPSA) is 25.2 Å². The molecule has 0 radical (unpaired) electrons. The third-order valence-electron chi connectivity index (χ3n) is 5.21. The van der Waals surface area contributed by atoms with Crippen LogP contribution in [-0.2, 0) is 7.05 Å². The van der Waals surface area contributed by atoms with Gasteiger partial charge in [-0.05, 0) is 42.5 Å². The molecule has 4 rings (SSSR count). The van der Waals surface area contributed by atoms with Crippen molar-refractivity contribution in [2.24, 2.45) is 7.05 Å². The summed E-state index contributed by atoms with van der Waals surface area (Å²) < 4.78 is 2.31. The van der Waals surface area contributed by atoms with Crippen molar-refractivity contribution in [2.45, 2.75) is 18.8 Å². The van der Waals surface area contributed by atoms with Crippen LogP contribution in [0.25, 0.3) is 10.9 Å². The third kappa shape index (κ3) is 2.60. The highest BCUT2D eigenvalue weighted by Gasteiger charge is 2.26. The van der Waals surface area contributed by atoms with Gasteiger partial charge in [0.2, 0.25) is 0 Å². The largest absolute Gasteiger partial charge is 0.347 e. The summed E-state index contributed by atoms with van der Waals surface area (Å²) in [4.78, 5) is 14.6. The van der Waals surface area contributed by atoms with Crippen LogP contribution in [0.1, 0.15) is 34.8 Å². The zero-order valence-corrected chi connectivity index (χ0v) is 14.0. The quantitative estimate of drug-likeness (QED) is 0.695. The summed E-state index contributed by atoms with van der Waals surface area (Å²) >= 11 is 0. The number of aryl methyl sites for hydroxylation is 1. The Balaban J connectivity index is 1.49. The first-order chi connectivity index (χ1) is 11.7. The van der Waals surface area contributed by atoms with Crippen molar-refractivity contribution in [3.63, 3.8) is 0 Å². The van der Waals surface area contributed by atoms with Crippen LogP contribution in [-0.4, -0.2) is 28.5 Å². The minimum atomic E-state index is 0.158. The molecule has 2 heterocycles. The van der Waals surface area contributed by atoms with Gasteiger partial charge < -0.3 is 9.47 Å².